The first-order chi connectivity index (χ1) is 8.11. The monoisotopic (exact) mass is 246 g/mol. The SMILES string of the molecule is NC(=O)c1cccc(-c2cccs2)c1C(N)=O. The molecule has 2 aromatic rings. The highest BCUT2D eigenvalue weighted by Crippen LogP contribution is 2.29. The van der Waals surface area contributed by atoms with Gasteiger partial charge in [-0.2, -0.15) is 0 Å². The van der Waals surface area contributed by atoms with Crippen LogP contribution in [0.2, 0.25) is 0 Å². The molecule has 0 radical (unpaired) electrons. The molecule has 2 amide bonds. The quantitative estimate of drug-likeness (QED) is 0.862. The molecule has 17 heavy (non-hydrogen) atoms. The second-order valence-corrected chi connectivity index (χ2v) is 4.38. The van der Waals surface area contributed by atoms with Crippen LogP contribution >= 0.6 is 11.3 Å². The molecule has 0 fully saturated rings. The molecule has 1 aromatic carbocycles. The van der Waals surface area contributed by atoms with Gasteiger partial charge in [-0.05, 0) is 17.5 Å². The van der Waals surface area contributed by atoms with Crippen LogP contribution in [0.4, 0.5) is 0 Å². The lowest BCUT2D eigenvalue weighted by Gasteiger charge is -2.08. The summed E-state index contributed by atoms with van der Waals surface area (Å²) in [6, 6.07) is 8.65. The summed E-state index contributed by atoms with van der Waals surface area (Å²) in [6.07, 6.45) is 0. The van der Waals surface area contributed by atoms with Gasteiger partial charge < -0.3 is 11.5 Å². The van der Waals surface area contributed by atoms with Crippen molar-refractivity contribution < 1.29 is 9.59 Å². The van der Waals surface area contributed by atoms with Crippen LogP contribution in [0.3, 0.4) is 0 Å². The maximum Gasteiger partial charge on any atom is 0.250 e. The molecule has 2 rings (SSSR count). The van der Waals surface area contributed by atoms with Crippen LogP contribution in [-0.4, -0.2) is 11.8 Å². The Balaban J connectivity index is 2.72. The van der Waals surface area contributed by atoms with E-state index in [1.54, 1.807) is 12.1 Å². The third kappa shape index (κ3) is 2.05. The van der Waals surface area contributed by atoms with E-state index in [-0.39, 0.29) is 11.1 Å². The standard InChI is InChI=1S/C12H10N2O2S/c13-11(15)8-4-1-3-7(10(8)12(14)16)9-5-2-6-17-9/h1-6H,(H2,13,15)(H2,14,16). The van der Waals surface area contributed by atoms with E-state index in [2.05, 4.69) is 0 Å². The van der Waals surface area contributed by atoms with Crippen molar-refractivity contribution >= 4 is 23.2 Å². The minimum atomic E-state index is -0.655. The summed E-state index contributed by atoms with van der Waals surface area (Å²) in [5.41, 5.74) is 11.5. The van der Waals surface area contributed by atoms with Gasteiger partial charge in [0, 0.05) is 10.4 Å². The third-order valence-corrected chi connectivity index (χ3v) is 3.27. The fraction of sp³-hybridized carbons (Fsp3) is 0. The number of hydrogen-bond acceptors (Lipinski definition) is 3. The van der Waals surface area contributed by atoms with Crippen LogP contribution < -0.4 is 11.5 Å². The molecule has 4 N–H and O–H groups in total. The van der Waals surface area contributed by atoms with Crippen LogP contribution in [0.25, 0.3) is 10.4 Å². The maximum atomic E-state index is 11.5. The highest BCUT2D eigenvalue weighted by molar-refractivity contribution is 7.13. The van der Waals surface area contributed by atoms with Crippen molar-refractivity contribution in [2.24, 2.45) is 11.5 Å². The molecule has 0 aliphatic carbocycles. The van der Waals surface area contributed by atoms with Crippen molar-refractivity contribution in [2.75, 3.05) is 0 Å². The van der Waals surface area contributed by atoms with E-state index in [4.69, 9.17) is 11.5 Å². The molecular formula is C12H10N2O2S. The van der Waals surface area contributed by atoms with E-state index >= 15 is 0 Å². The molecule has 0 bridgehead atoms. The van der Waals surface area contributed by atoms with E-state index in [0.717, 1.165) is 4.88 Å². The largest absolute Gasteiger partial charge is 0.366 e. The number of amides is 2. The van der Waals surface area contributed by atoms with Crippen molar-refractivity contribution in [3.05, 3.63) is 46.8 Å². The molecule has 86 valence electrons. The zero-order chi connectivity index (χ0) is 12.4. The average Bonchev–Trinajstić information content (AvgIpc) is 2.81. The predicted molar refractivity (Wildman–Crippen MR) is 66.8 cm³/mol. The molecule has 1 heterocycles. The lowest BCUT2D eigenvalue weighted by atomic mass is 9.99. The fourth-order valence-electron chi connectivity index (χ4n) is 1.66. The van der Waals surface area contributed by atoms with Gasteiger partial charge in [-0.15, -0.1) is 11.3 Å². The molecule has 0 saturated carbocycles. The lowest BCUT2D eigenvalue weighted by Crippen LogP contribution is -2.21. The second kappa shape index (κ2) is 4.39. The Labute approximate surface area is 102 Å². The normalized spacial score (nSPS) is 10.1. The Bertz CT molecular complexity index is 576. The summed E-state index contributed by atoms with van der Waals surface area (Å²) in [5.74, 6) is -1.31. The Hall–Kier alpha value is -2.14. The van der Waals surface area contributed by atoms with Gasteiger partial charge in [-0.25, -0.2) is 0 Å². The fourth-order valence-corrected chi connectivity index (χ4v) is 2.42. The third-order valence-electron chi connectivity index (χ3n) is 2.36. The van der Waals surface area contributed by atoms with Crippen LogP contribution in [0, 0.1) is 0 Å². The minimum Gasteiger partial charge on any atom is -0.366 e. The molecule has 0 aliphatic heterocycles. The number of primary amides is 2. The Morgan fingerprint density at radius 2 is 1.76 bits per heavy atom. The topological polar surface area (TPSA) is 86.2 Å². The number of hydrogen-bond donors (Lipinski definition) is 2. The zero-order valence-electron chi connectivity index (χ0n) is 8.84. The molecule has 5 heteroatoms. The van der Waals surface area contributed by atoms with E-state index in [9.17, 15) is 9.59 Å². The minimum absolute atomic E-state index is 0.156. The van der Waals surface area contributed by atoms with Crippen molar-refractivity contribution in [3.63, 3.8) is 0 Å². The number of rotatable bonds is 3. The summed E-state index contributed by atoms with van der Waals surface area (Å²) in [6.45, 7) is 0. The van der Waals surface area contributed by atoms with E-state index < -0.39 is 11.8 Å². The molecule has 4 nitrogen and oxygen atoms in total. The second-order valence-electron chi connectivity index (χ2n) is 3.43. The number of carbonyl (C=O) groups excluding carboxylic acids is 2. The summed E-state index contributed by atoms with van der Waals surface area (Å²) in [4.78, 5) is 23.6. The molecule has 0 saturated heterocycles. The van der Waals surface area contributed by atoms with Gasteiger partial charge in [0.2, 0.25) is 11.8 Å². The Morgan fingerprint density at radius 3 is 2.29 bits per heavy atom. The van der Waals surface area contributed by atoms with Gasteiger partial charge >= 0.3 is 0 Å². The molecule has 0 spiro atoms. The summed E-state index contributed by atoms with van der Waals surface area (Å²) >= 11 is 1.47. The van der Waals surface area contributed by atoms with Crippen LogP contribution in [0.1, 0.15) is 20.7 Å². The van der Waals surface area contributed by atoms with Gasteiger partial charge in [0.25, 0.3) is 0 Å². The highest BCUT2D eigenvalue weighted by atomic mass is 32.1. The number of carbonyl (C=O) groups is 2. The summed E-state index contributed by atoms with van der Waals surface area (Å²) in [5, 5.41) is 1.89. The Morgan fingerprint density at radius 1 is 1.00 bits per heavy atom. The van der Waals surface area contributed by atoms with Gasteiger partial charge in [-0.3, -0.25) is 9.59 Å². The first-order valence-electron chi connectivity index (χ1n) is 4.87. The molecule has 0 aliphatic rings. The van der Waals surface area contributed by atoms with Gasteiger partial charge in [0.15, 0.2) is 0 Å². The zero-order valence-corrected chi connectivity index (χ0v) is 9.66. The van der Waals surface area contributed by atoms with Crippen LogP contribution in [0.15, 0.2) is 35.7 Å². The molecule has 0 atom stereocenters. The molecule has 1 aromatic heterocycles. The number of benzene rings is 1. The number of nitrogens with two attached hydrogens (primary N) is 2. The van der Waals surface area contributed by atoms with Gasteiger partial charge in [-0.1, -0.05) is 18.2 Å². The lowest BCUT2D eigenvalue weighted by molar-refractivity contribution is 0.0968. The first-order valence-corrected chi connectivity index (χ1v) is 5.75. The molecular weight excluding hydrogens is 236 g/mol. The van der Waals surface area contributed by atoms with Crippen molar-refractivity contribution in [2.45, 2.75) is 0 Å². The van der Waals surface area contributed by atoms with Crippen LogP contribution in [0.5, 0.6) is 0 Å². The molecule has 0 unspecified atom stereocenters. The maximum absolute atomic E-state index is 11.5. The summed E-state index contributed by atoms with van der Waals surface area (Å²) in [7, 11) is 0. The van der Waals surface area contributed by atoms with E-state index in [1.165, 1.54) is 17.4 Å². The van der Waals surface area contributed by atoms with Crippen molar-refractivity contribution in [1.82, 2.24) is 0 Å². The summed E-state index contributed by atoms with van der Waals surface area (Å²) < 4.78 is 0. The number of thiophene rings is 1. The predicted octanol–water partition coefficient (Wildman–Crippen LogP) is 1.61. The average molecular weight is 246 g/mol. The first kappa shape index (κ1) is 11.3. The van der Waals surface area contributed by atoms with Gasteiger partial charge in [0.05, 0.1) is 11.1 Å². The van der Waals surface area contributed by atoms with Crippen LogP contribution in [-0.2, 0) is 0 Å². The van der Waals surface area contributed by atoms with E-state index in [1.807, 2.05) is 17.5 Å². The highest BCUT2D eigenvalue weighted by Gasteiger charge is 2.18. The van der Waals surface area contributed by atoms with Crippen molar-refractivity contribution in [1.29, 1.82) is 0 Å². The van der Waals surface area contributed by atoms with E-state index in [0.29, 0.717) is 5.56 Å². The van der Waals surface area contributed by atoms with Crippen molar-refractivity contribution in [3.8, 4) is 10.4 Å². The Kier molecular flexibility index (Phi) is 2.93. The smallest absolute Gasteiger partial charge is 0.250 e. The van der Waals surface area contributed by atoms with Gasteiger partial charge in [0.1, 0.15) is 0 Å².